The Balaban J connectivity index is 2.42. The molecule has 2 rings (SSSR count). The lowest BCUT2D eigenvalue weighted by atomic mass is 9.99. The Hall–Kier alpha value is -5.91. The molecule has 1 saturated heterocycles. The van der Waals surface area contributed by atoms with Crippen LogP contribution in [0.2, 0.25) is 0 Å². The third kappa shape index (κ3) is 22.0. The molecule has 7 amide bonds. The molecule has 1 aliphatic rings. The van der Waals surface area contributed by atoms with Crippen LogP contribution >= 0.6 is 0 Å². The zero-order valence-electron chi connectivity index (χ0n) is 41.8. The molecule has 8 atom stereocenters. The molecule has 0 bridgehead atoms. The molecule has 400 valence electrons. The highest BCUT2D eigenvalue weighted by Gasteiger charge is 2.39. The van der Waals surface area contributed by atoms with Gasteiger partial charge in [-0.25, -0.2) is 4.79 Å². The Bertz CT molecular complexity index is 1900. The van der Waals surface area contributed by atoms with Gasteiger partial charge in [-0.1, -0.05) is 46.2 Å². The predicted octanol–water partition coefficient (Wildman–Crippen LogP) is -0.800. The van der Waals surface area contributed by atoms with E-state index in [1.165, 1.54) is 29.2 Å². The molecule has 0 unspecified atom stereocenters. The standard InChI is InChI=1S/C48H81N11O12/c1-28(2)26-37(48(70)71)57-42(64)33(13-6-9-23-50)53-44(66)36(27-30-16-18-31(60)19-17-30)56-41(63)34(14-7-10-24-51)55-46(68)40(29(3)4)58-43(65)35(20-21-39(61)62)54-45(67)38-15-11-25-59(38)47(69)32(52)12-5-8-22-49/h16-19,28-29,32-38,40,60H,5-15,20-27,49-52H2,1-4H3,(H,53,66)(H,54,67)(H,55,68)(H,56,63)(H,57,64)(H,58,65)(H,61,62)(H,70,71)/t32-,33-,34-,35-,36-,37+,38-,40-/m0/s1. The van der Waals surface area contributed by atoms with Gasteiger partial charge >= 0.3 is 11.9 Å². The summed E-state index contributed by atoms with van der Waals surface area (Å²) >= 11 is 0. The molecule has 1 aromatic rings. The number of carboxylic acids is 2. The minimum atomic E-state index is -1.45. The number of aromatic hydroxyl groups is 1. The molecule has 71 heavy (non-hydrogen) atoms. The highest BCUT2D eigenvalue weighted by molar-refractivity contribution is 5.98. The van der Waals surface area contributed by atoms with Gasteiger partial charge in [0.05, 0.1) is 6.04 Å². The van der Waals surface area contributed by atoms with Gasteiger partial charge in [0.15, 0.2) is 0 Å². The first-order chi connectivity index (χ1) is 33.6. The van der Waals surface area contributed by atoms with Gasteiger partial charge < -0.3 is 75.1 Å². The number of benzene rings is 1. The summed E-state index contributed by atoms with van der Waals surface area (Å²) in [4.78, 5) is 122. The predicted molar refractivity (Wildman–Crippen MR) is 264 cm³/mol. The van der Waals surface area contributed by atoms with Crippen molar-refractivity contribution in [1.29, 1.82) is 0 Å². The number of aliphatic carboxylic acids is 2. The number of unbranched alkanes of at least 4 members (excludes halogenated alkanes) is 3. The van der Waals surface area contributed by atoms with Gasteiger partial charge in [-0.15, -0.1) is 0 Å². The third-order valence-corrected chi connectivity index (χ3v) is 12.1. The van der Waals surface area contributed by atoms with Crippen LogP contribution in [0, 0.1) is 11.8 Å². The van der Waals surface area contributed by atoms with Gasteiger partial charge in [0.25, 0.3) is 0 Å². The topological polar surface area (TPSA) is 394 Å². The van der Waals surface area contributed by atoms with Crippen molar-refractivity contribution in [1.82, 2.24) is 36.8 Å². The molecule has 0 saturated carbocycles. The first-order valence-electron chi connectivity index (χ1n) is 24.8. The molecule has 23 nitrogen and oxygen atoms in total. The average molecular weight is 1000 g/mol. The van der Waals surface area contributed by atoms with Gasteiger partial charge in [-0.05, 0) is 126 Å². The van der Waals surface area contributed by atoms with Gasteiger partial charge in [-0.2, -0.15) is 0 Å². The van der Waals surface area contributed by atoms with Crippen LogP contribution < -0.4 is 54.8 Å². The van der Waals surface area contributed by atoms with E-state index in [4.69, 9.17) is 22.9 Å². The Morgan fingerprint density at radius 3 is 1.61 bits per heavy atom. The molecule has 1 heterocycles. The van der Waals surface area contributed by atoms with Gasteiger partial charge in [-0.3, -0.25) is 38.4 Å². The van der Waals surface area contributed by atoms with E-state index in [0.29, 0.717) is 70.0 Å². The number of nitrogens with zero attached hydrogens (tertiary/aromatic N) is 1. The minimum Gasteiger partial charge on any atom is -0.508 e. The van der Waals surface area contributed by atoms with Gasteiger partial charge in [0.2, 0.25) is 41.4 Å². The van der Waals surface area contributed by atoms with Crippen LogP contribution in [0.4, 0.5) is 0 Å². The number of nitrogens with two attached hydrogens (primary N) is 4. The fourth-order valence-corrected chi connectivity index (χ4v) is 8.11. The molecule has 17 N–H and O–H groups in total. The number of rotatable bonds is 34. The van der Waals surface area contributed by atoms with Crippen molar-refractivity contribution in [3.63, 3.8) is 0 Å². The number of amides is 7. The fraction of sp³-hybridized carbons (Fsp3) is 0.688. The zero-order valence-corrected chi connectivity index (χ0v) is 41.8. The third-order valence-electron chi connectivity index (χ3n) is 12.1. The maximum Gasteiger partial charge on any atom is 0.326 e. The first kappa shape index (κ1) is 61.2. The molecular formula is C48H81N11O12. The van der Waals surface area contributed by atoms with Crippen molar-refractivity contribution < 1.29 is 58.5 Å². The number of carbonyl (C=O) groups is 9. The van der Waals surface area contributed by atoms with Gasteiger partial charge in [0.1, 0.15) is 48.0 Å². The van der Waals surface area contributed by atoms with Crippen LogP contribution in [-0.4, -0.2) is 148 Å². The lowest BCUT2D eigenvalue weighted by molar-refractivity contribution is -0.143. The van der Waals surface area contributed by atoms with Crippen LogP contribution in [0.1, 0.15) is 123 Å². The number of hydrogen-bond donors (Lipinski definition) is 13. The van der Waals surface area contributed by atoms with Crippen molar-refractivity contribution in [3.8, 4) is 5.75 Å². The van der Waals surface area contributed by atoms with Crippen molar-refractivity contribution in [3.05, 3.63) is 29.8 Å². The van der Waals surface area contributed by atoms with E-state index in [9.17, 15) is 58.5 Å². The van der Waals surface area contributed by atoms with E-state index < -0.39 is 114 Å². The second-order valence-corrected chi connectivity index (χ2v) is 19.0. The van der Waals surface area contributed by atoms with Crippen LogP contribution in [0.3, 0.4) is 0 Å². The molecular weight excluding hydrogens is 923 g/mol. The fourth-order valence-electron chi connectivity index (χ4n) is 8.11. The monoisotopic (exact) mass is 1000 g/mol. The minimum absolute atomic E-state index is 0.0300. The van der Waals surface area contributed by atoms with Crippen LogP contribution in [0.25, 0.3) is 0 Å². The second kappa shape index (κ2) is 32.1. The highest BCUT2D eigenvalue weighted by Crippen LogP contribution is 2.21. The molecule has 0 aliphatic carbocycles. The van der Waals surface area contributed by atoms with E-state index in [1.807, 2.05) is 0 Å². The van der Waals surface area contributed by atoms with E-state index in [-0.39, 0.29) is 63.3 Å². The summed E-state index contributed by atoms with van der Waals surface area (Å²) in [6.07, 6.45) is 3.30. The molecule has 1 fully saturated rings. The summed E-state index contributed by atoms with van der Waals surface area (Å²) in [5.74, 6) is -8.45. The molecule has 1 aliphatic heterocycles. The number of likely N-dealkylation sites (tertiary alicyclic amines) is 1. The molecule has 1 aromatic carbocycles. The van der Waals surface area contributed by atoms with E-state index in [1.54, 1.807) is 27.7 Å². The van der Waals surface area contributed by atoms with Crippen molar-refractivity contribution >= 4 is 53.3 Å². The van der Waals surface area contributed by atoms with E-state index in [2.05, 4.69) is 31.9 Å². The summed E-state index contributed by atoms with van der Waals surface area (Å²) in [6, 6.07) is -3.94. The summed E-state index contributed by atoms with van der Waals surface area (Å²) in [5, 5.41) is 45.1. The zero-order chi connectivity index (χ0) is 53.2. The molecule has 0 radical (unpaired) electrons. The number of carbonyl (C=O) groups excluding carboxylic acids is 7. The lowest BCUT2D eigenvalue weighted by Gasteiger charge is -2.30. The summed E-state index contributed by atoms with van der Waals surface area (Å²) < 4.78 is 0. The van der Waals surface area contributed by atoms with E-state index >= 15 is 0 Å². The molecule has 23 heteroatoms. The van der Waals surface area contributed by atoms with Crippen LogP contribution in [0.15, 0.2) is 24.3 Å². The number of carboxylic acid groups (broad SMARTS) is 2. The van der Waals surface area contributed by atoms with Crippen molar-refractivity contribution in [2.75, 3.05) is 26.2 Å². The van der Waals surface area contributed by atoms with E-state index in [0.717, 1.165) is 0 Å². The molecule has 0 aromatic heterocycles. The van der Waals surface area contributed by atoms with Crippen molar-refractivity contribution in [2.24, 2.45) is 34.8 Å². The summed E-state index contributed by atoms with van der Waals surface area (Å²) in [7, 11) is 0. The SMILES string of the molecule is CC(C)C[C@@H](NC(=O)[C@H](CCCCN)NC(=O)[C@H](Cc1ccc(O)cc1)NC(=O)[C@H](CCCCN)NC(=O)[C@@H](NC(=O)[C@H](CCC(=O)O)NC(=O)[C@@H]1CCCN1C(=O)[C@@H](N)CCCCN)C(C)C)C(=O)O. The lowest BCUT2D eigenvalue weighted by Crippen LogP contribution is -2.61. The highest BCUT2D eigenvalue weighted by atomic mass is 16.4. The Kier molecular flexibility index (Phi) is 27.7. The summed E-state index contributed by atoms with van der Waals surface area (Å²) in [5.41, 5.74) is 23.7. The normalized spacial score (nSPS) is 16.4. The second-order valence-electron chi connectivity index (χ2n) is 19.0. The van der Waals surface area contributed by atoms with Gasteiger partial charge in [0, 0.05) is 19.4 Å². The largest absolute Gasteiger partial charge is 0.508 e. The van der Waals surface area contributed by atoms with Crippen LogP contribution in [0.5, 0.6) is 5.75 Å². The number of phenolic OH excluding ortho intramolecular Hbond substituents is 1. The van der Waals surface area contributed by atoms with Crippen molar-refractivity contribution in [2.45, 2.75) is 172 Å². The molecule has 0 spiro atoms. The Morgan fingerprint density at radius 1 is 0.620 bits per heavy atom. The maximum absolute atomic E-state index is 14.3. The maximum atomic E-state index is 14.3. The number of hydrogen-bond acceptors (Lipinski definition) is 14. The number of nitrogens with one attached hydrogen (secondary N) is 6. The average Bonchev–Trinajstić information content (AvgIpc) is 3.81. The number of phenols is 1. The van der Waals surface area contributed by atoms with Crippen LogP contribution in [-0.2, 0) is 49.6 Å². The first-order valence-corrected chi connectivity index (χ1v) is 24.8. The smallest absolute Gasteiger partial charge is 0.326 e. The Labute approximate surface area is 416 Å². The summed E-state index contributed by atoms with van der Waals surface area (Å²) in [6.45, 7) is 8.08. The Morgan fingerprint density at radius 2 is 1.10 bits per heavy atom. The quantitative estimate of drug-likeness (QED) is 0.0376.